The molecule has 0 radical (unpaired) electrons. The van der Waals surface area contributed by atoms with E-state index >= 15 is 4.39 Å². The van der Waals surface area contributed by atoms with Gasteiger partial charge in [-0.05, 0) is 54.3 Å². The van der Waals surface area contributed by atoms with Crippen molar-refractivity contribution in [1.82, 2.24) is 0 Å². The molecule has 2 amide bonds. The molecule has 1 aliphatic heterocycles. The van der Waals surface area contributed by atoms with E-state index in [2.05, 4.69) is 15.4 Å². The van der Waals surface area contributed by atoms with Gasteiger partial charge in [0.15, 0.2) is 17.7 Å². The number of pyridine rings is 1. The Labute approximate surface area is 250 Å². The summed E-state index contributed by atoms with van der Waals surface area (Å²) in [4.78, 5) is 24.9. The summed E-state index contributed by atoms with van der Waals surface area (Å²) in [6.07, 6.45) is 1.81. The second-order valence-electron chi connectivity index (χ2n) is 10.4. The van der Waals surface area contributed by atoms with E-state index in [9.17, 15) is 23.6 Å². The van der Waals surface area contributed by atoms with Crippen LogP contribution in [0.3, 0.4) is 0 Å². The molecule has 0 aliphatic carbocycles. The van der Waals surface area contributed by atoms with Gasteiger partial charge in [-0.3, -0.25) is 10.1 Å². The van der Waals surface area contributed by atoms with Gasteiger partial charge in [0, 0.05) is 23.2 Å². The van der Waals surface area contributed by atoms with Gasteiger partial charge in [-0.1, -0.05) is 49.2 Å². The van der Waals surface area contributed by atoms with E-state index in [1.54, 1.807) is 25.1 Å². The molecule has 0 fully saturated rings. The first-order valence-electron chi connectivity index (χ1n) is 13.5. The molecule has 3 aromatic carbocycles. The molecule has 2 bridgehead atoms. The molecule has 2 N–H and O–H groups in total. The van der Waals surface area contributed by atoms with Gasteiger partial charge in [-0.2, -0.15) is 4.73 Å². The number of carbonyl (C=O) groups excluding carboxylic acids is 2. The standard InChI is InChI=1S/C32H27ClF3N3O4/c1-17-5-3-8-22(27-12-9-20(16-39(27)42)29-24(34)11-10-23(33)30(29)36)18-6-4-7-19(13-18)28-25(35)14-21(37-32(41)43-2)15-26(28)38-31(17)40/h4,6-7,9-17,22H,3,5,8H2,1-2H3,(H,37,41)(H,38,40)/t17-,22-/m1/s1. The Balaban J connectivity index is 1.62. The summed E-state index contributed by atoms with van der Waals surface area (Å²) >= 11 is 5.85. The maximum atomic E-state index is 15.6. The number of benzene rings is 3. The fourth-order valence-electron chi connectivity index (χ4n) is 5.35. The molecule has 0 saturated carbocycles. The number of fused-ring (bicyclic) bond motifs is 4. The monoisotopic (exact) mass is 609 g/mol. The van der Waals surface area contributed by atoms with Crippen LogP contribution in [0.5, 0.6) is 0 Å². The Morgan fingerprint density at radius 3 is 2.56 bits per heavy atom. The normalized spacial score (nSPS) is 16.7. The Hall–Kier alpha value is -4.57. The molecule has 1 aliphatic rings. The van der Waals surface area contributed by atoms with Crippen molar-refractivity contribution < 1.29 is 32.2 Å². The minimum absolute atomic E-state index is 0.0239. The summed E-state index contributed by atoms with van der Waals surface area (Å²) in [6.45, 7) is 1.75. The predicted molar refractivity (Wildman–Crippen MR) is 157 cm³/mol. The molecule has 0 spiro atoms. The van der Waals surface area contributed by atoms with Crippen molar-refractivity contribution in [3.63, 3.8) is 0 Å². The topological polar surface area (TPSA) is 94.4 Å². The van der Waals surface area contributed by atoms with Crippen molar-refractivity contribution in [1.29, 1.82) is 0 Å². The first-order valence-corrected chi connectivity index (χ1v) is 13.9. The minimum Gasteiger partial charge on any atom is -0.618 e. The molecular weight excluding hydrogens is 583 g/mol. The summed E-state index contributed by atoms with van der Waals surface area (Å²) in [5, 5.41) is 18.3. The van der Waals surface area contributed by atoms with E-state index < -0.39 is 40.9 Å². The Bertz CT molecular complexity index is 1730. The van der Waals surface area contributed by atoms with E-state index in [4.69, 9.17) is 11.6 Å². The fourth-order valence-corrected chi connectivity index (χ4v) is 5.51. The number of anilines is 2. The first-order chi connectivity index (χ1) is 20.6. The number of carbonyl (C=O) groups is 2. The highest BCUT2D eigenvalue weighted by Crippen LogP contribution is 2.39. The van der Waals surface area contributed by atoms with Crippen LogP contribution in [0.4, 0.5) is 29.3 Å². The number of rotatable bonds is 3. The lowest BCUT2D eigenvalue weighted by Crippen LogP contribution is -2.34. The molecule has 2 heterocycles. The van der Waals surface area contributed by atoms with Crippen molar-refractivity contribution in [2.45, 2.75) is 32.1 Å². The maximum Gasteiger partial charge on any atom is 0.411 e. The highest BCUT2D eigenvalue weighted by molar-refractivity contribution is 6.31. The number of ether oxygens (including phenoxy) is 1. The second kappa shape index (κ2) is 12.3. The van der Waals surface area contributed by atoms with Gasteiger partial charge < -0.3 is 15.3 Å². The molecule has 0 saturated heterocycles. The Morgan fingerprint density at radius 2 is 1.81 bits per heavy atom. The van der Waals surface area contributed by atoms with Crippen LogP contribution in [0.25, 0.3) is 22.3 Å². The highest BCUT2D eigenvalue weighted by atomic mass is 35.5. The number of aromatic nitrogens is 1. The smallest absolute Gasteiger partial charge is 0.411 e. The minimum atomic E-state index is -0.967. The number of hydrogen-bond acceptors (Lipinski definition) is 4. The second-order valence-corrected chi connectivity index (χ2v) is 10.8. The van der Waals surface area contributed by atoms with Crippen LogP contribution in [0, 0.1) is 28.6 Å². The van der Waals surface area contributed by atoms with Crippen molar-refractivity contribution in [3.05, 3.63) is 106 Å². The van der Waals surface area contributed by atoms with Gasteiger partial charge in [0.1, 0.15) is 11.6 Å². The number of amides is 2. The summed E-state index contributed by atoms with van der Waals surface area (Å²) in [6, 6.07) is 14.6. The zero-order valence-corrected chi connectivity index (χ0v) is 24.0. The predicted octanol–water partition coefficient (Wildman–Crippen LogP) is 7.79. The van der Waals surface area contributed by atoms with E-state index in [-0.39, 0.29) is 33.4 Å². The van der Waals surface area contributed by atoms with E-state index in [0.717, 1.165) is 24.4 Å². The zero-order valence-electron chi connectivity index (χ0n) is 23.2. The Kier molecular flexibility index (Phi) is 8.59. The maximum absolute atomic E-state index is 15.6. The van der Waals surface area contributed by atoms with Crippen molar-refractivity contribution in [3.8, 4) is 22.3 Å². The third kappa shape index (κ3) is 6.15. The van der Waals surface area contributed by atoms with Gasteiger partial charge in [-0.15, -0.1) is 0 Å². The van der Waals surface area contributed by atoms with E-state index in [1.165, 1.54) is 25.3 Å². The van der Waals surface area contributed by atoms with Crippen LogP contribution < -0.4 is 15.4 Å². The third-order valence-corrected chi connectivity index (χ3v) is 7.86. The molecule has 11 heteroatoms. The van der Waals surface area contributed by atoms with Gasteiger partial charge >= 0.3 is 6.09 Å². The van der Waals surface area contributed by atoms with E-state index in [0.29, 0.717) is 40.8 Å². The number of methoxy groups -OCH3 is 1. The lowest BCUT2D eigenvalue weighted by molar-refractivity contribution is -0.614. The molecule has 4 aromatic rings. The average Bonchev–Trinajstić information content (AvgIpc) is 2.97. The third-order valence-electron chi connectivity index (χ3n) is 7.57. The molecule has 2 atom stereocenters. The number of nitrogens with zero attached hydrogens (tertiary/aromatic N) is 1. The fraction of sp³-hybridized carbons (Fsp3) is 0.219. The first kappa shape index (κ1) is 29.9. The lowest BCUT2D eigenvalue weighted by Gasteiger charge is -2.22. The van der Waals surface area contributed by atoms with Gasteiger partial charge in [0.05, 0.1) is 34.9 Å². The van der Waals surface area contributed by atoms with Gasteiger partial charge in [0.25, 0.3) is 0 Å². The SMILES string of the molecule is COC(=O)Nc1cc(F)c2c(c1)NC(=O)[C@H](C)CCC[C@@H](c1ccc(-c3c(F)ccc(Cl)c3F)c[n+]1[O-])c1cccc-2c1. The molecule has 43 heavy (non-hydrogen) atoms. The van der Waals surface area contributed by atoms with Crippen molar-refractivity contribution in [2.24, 2.45) is 5.92 Å². The summed E-state index contributed by atoms with van der Waals surface area (Å²) in [5.74, 6) is -3.80. The Morgan fingerprint density at radius 1 is 1.02 bits per heavy atom. The molecule has 1 aromatic heterocycles. The number of nitrogens with one attached hydrogen (secondary N) is 2. The lowest BCUT2D eigenvalue weighted by atomic mass is 9.86. The van der Waals surface area contributed by atoms with Crippen LogP contribution >= 0.6 is 11.6 Å². The largest absolute Gasteiger partial charge is 0.618 e. The molecule has 222 valence electrons. The summed E-state index contributed by atoms with van der Waals surface area (Å²) < 4.78 is 50.0. The average molecular weight is 610 g/mol. The highest BCUT2D eigenvalue weighted by Gasteiger charge is 2.27. The molecule has 5 rings (SSSR count). The number of halogens is 4. The zero-order chi connectivity index (χ0) is 30.8. The quantitative estimate of drug-likeness (QED) is 0.141. The van der Waals surface area contributed by atoms with Crippen molar-refractivity contribution >= 4 is 35.0 Å². The van der Waals surface area contributed by atoms with Crippen LogP contribution in [0.2, 0.25) is 5.02 Å². The number of hydrogen-bond donors (Lipinski definition) is 2. The van der Waals surface area contributed by atoms with Crippen LogP contribution in [0.15, 0.2) is 66.9 Å². The van der Waals surface area contributed by atoms with Crippen LogP contribution in [0.1, 0.15) is 43.4 Å². The van der Waals surface area contributed by atoms with Gasteiger partial charge in [0.2, 0.25) is 5.91 Å². The molecular formula is C32H27ClF3N3O4. The molecule has 7 nitrogen and oxygen atoms in total. The van der Waals surface area contributed by atoms with Gasteiger partial charge in [-0.25, -0.2) is 18.0 Å². The van der Waals surface area contributed by atoms with Crippen molar-refractivity contribution in [2.75, 3.05) is 17.7 Å². The van der Waals surface area contributed by atoms with E-state index in [1.807, 2.05) is 6.07 Å². The summed E-state index contributed by atoms with van der Waals surface area (Å²) in [5.41, 5.74) is 1.43. The van der Waals surface area contributed by atoms with Crippen LogP contribution in [-0.4, -0.2) is 19.1 Å². The summed E-state index contributed by atoms with van der Waals surface area (Å²) in [7, 11) is 1.18. The van der Waals surface area contributed by atoms with Crippen LogP contribution in [-0.2, 0) is 9.53 Å². The molecule has 0 unspecified atom stereocenters.